The van der Waals surface area contributed by atoms with E-state index in [1.807, 2.05) is 0 Å². The third-order valence-corrected chi connectivity index (χ3v) is 4.59. The predicted molar refractivity (Wildman–Crippen MR) is 123 cm³/mol. The summed E-state index contributed by atoms with van der Waals surface area (Å²) in [7, 11) is 1.80. The highest BCUT2D eigenvalue weighted by Gasteiger charge is 2.15. The number of hydrogen-bond donors (Lipinski definition) is 2. The van der Waals surface area contributed by atoms with Gasteiger partial charge in [0.15, 0.2) is 5.96 Å². The number of ether oxygens (including phenoxy) is 2. The molecule has 1 aromatic rings. The first-order valence-corrected chi connectivity index (χ1v) is 9.72. The first-order chi connectivity index (χ1) is 12.5. The fourth-order valence-electron chi connectivity index (χ4n) is 2.90. The van der Waals surface area contributed by atoms with E-state index in [0.717, 1.165) is 58.1 Å². The molecule has 1 aliphatic heterocycles. The SMILES string of the molecule is CN=C(NCCCOCC1CCCO1)NCc1ccc(C(C)(C)C)cc1.I. The van der Waals surface area contributed by atoms with Gasteiger partial charge in [-0.15, -0.1) is 24.0 Å². The van der Waals surface area contributed by atoms with Crippen molar-refractivity contribution in [2.24, 2.45) is 4.99 Å². The minimum Gasteiger partial charge on any atom is -0.379 e. The van der Waals surface area contributed by atoms with Gasteiger partial charge in [0.2, 0.25) is 0 Å². The van der Waals surface area contributed by atoms with Crippen LogP contribution in [0.25, 0.3) is 0 Å². The molecule has 1 atom stereocenters. The van der Waals surface area contributed by atoms with Crippen LogP contribution >= 0.6 is 24.0 Å². The van der Waals surface area contributed by atoms with Crippen LogP contribution in [0.2, 0.25) is 0 Å². The van der Waals surface area contributed by atoms with Crippen molar-refractivity contribution in [2.75, 3.05) is 33.4 Å². The van der Waals surface area contributed by atoms with Gasteiger partial charge in [0, 0.05) is 33.4 Å². The average Bonchev–Trinajstić information content (AvgIpc) is 3.13. The second-order valence-corrected chi connectivity index (χ2v) is 7.86. The molecule has 1 heterocycles. The highest BCUT2D eigenvalue weighted by molar-refractivity contribution is 14.0. The van der Waals surface area contributed by atoms with E-state index in [4.69, 9.17) is 9.47 Å². The van der Waals surface area contributed by atoms with E-state index in [-0.39, 0.29) is 29.4 Å². The van der Waals surface area contributed by atoms with Crippen LogP contribution in [-0.2, 0) is 21.4 Å². The highest BCUT2D eigenvalue weighted by Crippen LogP contribution is 2.22. The van der Waals surface area contributed by atoms with E-state index in [0.29, 0.717) is 6.10 Å². The summed E-state index contributed by atoms with van der Waals surface area (Å²) < 4.78 is 11.2. The van der Waals surface area contributed by atoms with Crippen molar-refractivity contribution < 1.29 is 9.47 Å². The molecular formula is C21H36IN3O2. The first-order valence-electron chi connectivity index (χ1n) is 9.72. The van der Waals surface area contributed by atoms with Gasteiger partial charge in [-0.1, -0.05) is 45.0 Å². The fourth-order valence-corrected chi connectivity index (χ4v) is 2.90. The number of hydrogen-bond acceptors (Lipinski definition) is 3. The lowest BCUT2D eigenvalue weighted by atomic mass is 9.87. The van der Waals surface area contributed by atoms with Crippen molar-refractivity contribution in [3.63, 3.8) is 0 Å². The third kappa shape index (κ3) is 9.25. The van der Waals surface area contributed by atoms with Crippen molar-refractivity contribution >= 4 is 29.9 Å². The van der Waals surface area contributed by atoms with E-state index in [1.165, 1.54) is 11.1 Å². The fraction of sp³-hybridized carbons (Fsp3) is 0.667. The third-order valence-electron chi connectivity index (χ3n) is 4.59. The summed E-state index contributed by atoms with van der Waals surface area (Å²) in [6.07, 6.45) is 3.55. The van der Waals surface area contributed by atoms with Crippen LogP contribution in [-0.4, -0.2) is 45.5 Å². The molecule has 5 nitrogen and oxygen atoms in total. The normalized spacial score (nSPS) is 17.5. The van der Waals surface area contributed by atoms with Crippen LogP contribution in [0.3, 0.4) is 0 Å². The number of aliphatic imine (C=N–C) groups is 1. The zero-order chi connectivity index (χ0) is 18.8. The van der Waals surface area contributed by atoms with E-state index in [9.17, 15) is 0 Å². The molecule has 0 radical (unpaired) electrons. The summed E-state index contributed by atoms with van der Waals surface area (Å²) in [5.41, 5.74) is 2.79. The Kier molecular flexibility index (Phi) is 11.3. The summed E-state index contributed by atoms with van der Waals surface area (Å²) in [5, 5.41) is 6.69. The maximum Gasteiger partial charge on any atom is 0.191 e. The number of benzene rings is 1. The van der Waals surface area contributed by atoms with Crippen molar-refractivity contribution in [1.29, 1.82) is 0 Å². The number of halogens is 1. The molecule has 1 fully saturated rings. The van der Waals surface area contributed by atoms with Gasteiger partial charge in [-0.05, 0) is 35.8 Å². The topological polar surface area (TPSA) is 54.9 Å². The van der Waals surface area contributed by atoms with Crippen LogP contribution in [0.5, 0.6) is 0 Å². The zero-order valence-electron chi connectivity index (χ0n) is 17.2. The number of nitrogens with zero attached hydrogens (tertiary/aromatic N) is 1. The number of nitrogens with one attached hydrogen (secondary N) is 2. The van der Waals surface area contributed by atoms with Crippen molar-refractivity contribution in [1.82, 2.24) is 10.6 Å². The summed E-state index contributed by atoms with van der Waals surface area (Å²) in [6, 6.07) is 8.77. The maximum absolute atomic E-state index is 5.68. The quantitative estimate of drug-likeness (QED) is 0.252. The van der Waals surface area contributed by atoms with Crippen molar-refractivity contribution in [3.8, 4) is 0 Å². The molecular weight excluding hydrogens is 453 g/mol. The Morgan fingerprint density at radius 1 is 1.22 bits per heavy atom. The molecule has 154 valence electrons. The zero-order valence-corrected chi connectivity index (χ0v) is 19.5. The number of guanidine groups is 1. The Morgan fingerprint density at radius 2 is 1.96 bits per heavy atom. The van der Waals surface area contributed by atoms with Gasteiger partial charge < -0.3 is 20.1 Å². The predicted octanol–water partition coefficient (Wildman–Crippen LogP) is 3.85. The minimum atomic E-state index is 0. The molecule has 27 heavy (non-hydrogen) atoms. The Balaban J connectivity index is 0.00000364. The average molecular weight is 489 g/mol. The standard InChI is InChI=1S/C21H35N3O2.HI/c1-21(2,3)18-10-8-17(9-11-18)15-24-20(22-4)23-12-6-13-25-16-19-7-5-14-26-19;/h8-11,19H,5-7,12-16H2,1-4H3,(H2,22,23,24);1H. The second-order valence-electron chi connectivity index (χ2n) is 7.86. The second kappa shape index (κ2) is 12.6. The lowest BCUT2D eigenvalue weighted by molar-refractivity contribution is 0.0168. The van der Waals surface area contributed by atoms with Gasteiger partial charge >= 0.3 is 0 Å². The Labute approximate surface area is 181 Å². The molecule has 0 saturated carbocycles. The van der Waals surface area contributed by atoms with Crippen molar-refractivity contribution in [2.45, 2.75) is 58.1 Å². The lowest BCUT2D eigenvalue weighted by Gasteiger charge is -2.19. The Hall–Kier alpha value is -0.860. The minimum absolute atomic E-state index is 0. The summed E-state index contributed by atoms with van der Waals surface area (Å²) in [6.45, 7) is 10.7. The summed E-state index contributed by atoms with van der Waals surface area (Å²) in [4.78, 5) is 4.27. The molecule has 0 spiro atoms. The van der Waals surface area contributed by atoms with Crippen LogP contribution < -0.4 is 10.6 Å². The summed E-state index contributed by atoms with van der Waals surface area (Å²) in [5.74, 6) is 0.823. The molecule has 2 rings (SSSR count). The first kappa shape index (κ1) is 24.2. The molecule has 0 bridgehead atoms. The van der Waals surface area contributed by atoms with E-state index < -0.39 is 0 Å². The molecule has 0 aromatic heterocycles. The molecule has 0 amide bonds. The molecule has 1 aliphatic rings. The van der Waals surface area contributed by atoms with Crippen LogP contribution in [0, 0.1) is 0 Å². The summed E-state index contributed by atoms with van der Waals surface area (Å²) >= 11 is 0. The number of rotatable bonds is 8. The molecule has 1 aromatic carbocycles. The van der Waals surface area contributed by atoms with E-state index in [2.05, 4.69) is 60.7 Å². The Morgan fingerprint density at radius 3 is 2.56 bits per heavy atom. The van der Waals surface area contributed by atoms with Gasteiger partial charge in [-0.3, -0.25) is 4.99 Å². The highest BCUT2D eigenvalue weighted by atomic mass is 127. The molecule has 1 unspecified atom stereocenters. The smallest absolute Gasteiger partial charge is 0.191 e. The van der Waals surface area contributed by atoms with Gasteiger partial charge in [-0.25, -0.2) is 0 Å². The lowest BCUT2D eigenvalue weighted by Crippen LogP contribution is -2.37. The molecule has 2 N–H and O–H groups in total. The van der Waals surface area contributed by atoms with Crippen LogP contribution in [0.15, 0.2) is 29.3 Å². The van der Waals surface area contributed by atoms with Gasteiger partial charge in [-0.2, -0.15) is 0 Å². The van der Waals surface area contributed by atoms with Crippen LogP contribution in [0.4, 0.5) is 0 Å². The van der Waals surface area contributed by atoms with Gasteiger partial charge in [0.25, 0.3) is 0 Å². The van der Waals surface area contributed by atoms with Gasteiger partial charge in [0.1, 0.15) is 0 Å². The maximum atomic E-state index is 5.68. The van der Waals surface area contributed by atoms with Crippen LogP contribution in [0.1, 0.15) is 51.2 Å². The van der Waals surface area contributed by atoms with Gasteiger partial charge in [0.05, 0.1) is 12.7 Å². The molecule has 6 heteroatoms. The molecule has 0 aliphatic carbocycles. The largest absolute Gasteiger partial charge is 0.379 e. The molecule has 1 saturated heterocycles. The monoisotopic (exact) mass is 489 g/mol. The van der Waals surface area contributed by atoms with E-state index in [1.54, 1.807) is 7.05 Å². The Bertz CT molecular complexity index is 550. The van der Waals surface area contributed by atoms with Crippen molar-refractivity contribution in [3.05, 3.63) is 35.4 Å². The van der Waals surface area contributed by atoms with E-state index >= 15 is 0 Å².